The smallest absolute Gasteiger partial charge is 0.250 e. The first-order valence-electron chi connectivity index (χ1n) is 10.8. The van der Waals surface area contributed by atoms with E-state index in [0.717, 1.165) is 17.1 Å². The number of benzene rings is 1. The molecule has 35 heavy (non-hydrogen) atoms. The third-order valence-electron chi connectivity index (χ3n) is 4.77. The second-order valence-electron chi connectivity index (χ2n) is 7.44. The number of aromatic amines is 1. The first kappa shape index (κ1) is 25.2. The van der Waals surface area contributed by atoms with Gasteiger partial charge in [0.2, 0.25) is 17.7 Å². The van der Waals surface area contributed by atoms with Gasteiger partial charge in [0.15, 0.2) is 11.5 Å². The molecule has 0 aliphatic carbocycles. The fourth-order valence-corrected chi connectivity index (χ4v) is 3.24. The number of carbonyl (C=O) groups excluding carboxylic acids is 1. The summed E-state index contributed by atoms with van der Waals surface area (Å²) >= 11 is 0. The lowest BCUT2D eigenvalue weighted by Crippen LogP contribution is -2.36. The number of H-pyrrole nitrogens is 1. The number of rotatable bonds is 9. The normalized spacial score (nSPS) is 11.4. The minimum absolute atomic E-state index is 0.231. The summed E-state index contributed by atoms with van der Waals surface area (Å²) in [6.07, 6.45) is 6.98. The number of aryl methyl sites for hydroxylation is 2. The molecule has 2 heterocycles. The Morgan fingerprint density at radius 3 is 2.31 bits per heavy atom. The molecule has 0 bridgehead atoms. The van der Waals surface area contributed by atoms with Gasteiger partial charge in [-0.3, -0.25) is 20.4 Å². The number of aliphatic imine (C=N–C) groups is 1. The van der Waals surface area contributed by atoms with Gasteiger partial charge in [0.25, 0.3) is 5.91 Å². The van der Waals surface area contributed by atoms with Gasteiger partial charge in [-0.1, -0.05) is 0 Å². The predicted octanol–water partition coefficient (Wildman–Crippen LogP) is 2.68. The van der Waals surface area contributed by atoms with Crippen LogP contribution in [0.15, 0.2) is 41.8 Å². The predicted molar refractivity (Wildman–Crippen MR) is 133 cm³/mol. The van der Waals surface area contributed by atoms with E-state index in [1.165, 1.54) is 27.4 Å². The van der Waals surface area contributed by atoms with Gasteiger partial charge in [-0.05, 0) is 43.7 Å². The highest BCUT2D eigenvalue weighted by Crippen LogP contribution is 2.38. The number of hydrogen-bond acceptors (Lipinski definition) is 8. The molecule has 11 nitrogen and oxygen atoms in total. The highest BCUT2D eigenvalue weighted by atomic mass is 16.5. The van der Waals surface area contributed by atoms with E-state index in [-0.39, 0.29) is 5.96 Å². The summed E-state index contributed by atoms with van der Waals surface area (Å²) in [5.41, 5.74) is 3.22. The summed E-state index contributed by atoms with van der Waals surface area (Å²) < 4.78 is 16.1. The molecular formula is C24H29N7O4. The summed E-state index contributed by atoms with van der Waals surface area (Å²) in [7, 11) is 4.59. The second-order valence-corrected chi connectivity index (χ2v) is 7.44. The van der Waals surface area contributed by atoms with Crippen molar-refractivity contribution in [2.45, 2.75) is 20.3 Å². The van der Waals surface area contributed by atoms with Crippen molar-refractivity contribution in [2.24, 2.45) is 4.99 Å². The fourth-order valence-electron chi connectivity index (χ4n) is 3.24. The Labute approximate surface area is 203 Å². The van der Waals surface area contributed by atoms with Crippen molar-refractivity contribution in [3.8, 4) is 17.2 Å². The fraction of sp³-hybridized carbons (Fsp3) is 0.292. The number of anilines is 1. The summed E-state index contributed by atoms with van der Waals surface area (Å²) in [5.74, 6) is 1.63. The molecule has 0 atom stereocenters. The molecular weight excluding hydrogens is 450 g/mol. The zero-order valence-corrected chi connectivity index (χ0v) is 20.4. The number of nitrogens with one attached hydrogen (secondary N) is 3. The molecule has 0 aliphatic rings. The van der Waals surface area contributed by atoms with E-state index in [9.17, 15) is 4.79 Å². The number of nitrogens with zero attached hydrogens (tertiary/aromatic N) is 4. The number of carbonyl (C=O) groups is 1. The van der Waals surface area contributed by atoms with Crippen molar-refractivity contribution in [2.75, 3.05) is 33.2 Å². The van der Waals surface area contributed by atoms with E-state index in [1.54, 1.807) is 30.7 Å². The Morgan fingerprint density at radius 2 is 1.74 bits per heavy atom. The van der Waals surface area contributed by atoms with E-state index in [0.29, 0.717) is 41.7 Å². The molecule has 1 amide bonds. The van der Waals surface area contributed by atoms with Crippen molar-refractivity contribution >= 4 is 23.9 Å². The lowest BCUT2D eigenvalue weighted by molar-refractivity contribution is -0.115. The molecule has 11 heteroatoms. The average molecular weight is 480 g/mol. The van der Waals surface area contributed by atoms with Gasteiger partial charge in [-0.25, -0.2) is 15.0 Å². The van der Waals surface area contributed by atoms with Crippen LogP contribution in [-0.2, 0) is 11.2 Å². The Morgan fingerprint density at radius 1 is 1.06 bits per heavy atom. The molecule has 2 aromatic heterocycles. The minimum Gasteiger partial charge on any atom is -0.493 e. The lowest BCUT2D eigenvalue weighted by atomic mass is 10.1. The van der Waals surface area contributed by atoms with Gasteiger partial charge in [0, 0.05) is 42.3 Å². The van der Waals surface area contributed by atoms with Crippen molar-refractivity contribution in [1.82, 2.24) is 25.3 Å². The van der Waals surface area contributed by atoms with Crippen LogP contribution < -0.4 is 24.8 Å². The summed E-state index contributed by atoms with van der Waals surface area (Å²) in [6, 6.07) is 5.34. The molecule has 0 saturated heterocycles. The highest BCUT2D eigenvalue weighted by Gasteiger charge is 2.13. The van der Waals surface area contributed by atoms with Crippen LogP contribution in [0.4, 0.5) is 5.95 Å². The van der Waals surface area contributed by atoms with Gasteiger partial charge in [0.1, 0.15) is 0 Å². The number of amides is 1. The SMILES string of the molecule is COc1cc(/C=C/C(=O)NC(=NCCc2cnc[nH]2)Nc2nc(C)cc(C)n2)cc(OC)c1OC. The minimum atomic E-state index is -0.393. The van der Waals surface area contributed by atoms with Crippen molar-refractivity contribution in [1.29, 1.82) is 0 Å². The average Bonchev–Trinajstić information content (AvgIpc) is 3.34. The number of ether oxygens (including phenoxy) is 3. The van der Waals surface area contributed by atoms with E-state index in [4.69, 9.17) is 14.2 Å². The molecule has 3 aromatic rings. The zero-order chi connectivity index (χ0) is 25.2. The molecule has 0 radical (unpaired) electrons. The van der Waals surface area contributed by atoms with Crippen molar-refractivity contribution < 1.29 is 19.0 Å². The molecule has 0 unspecified atom stereocenters. The molecule has 0 aliphatic heterocycles. The quantitative estimate of drug-likeness (QED) is 0.242. The Bertz CT molecular complexity index is 1160. The van der Waals surface area contributed by atoms with Crippen LogP contribution in [0.5, 0.6) is 17.2 Å². The summed E-state index contributed by atoms with van der Waals surface area (Å²) in [4.78, 5) is 32.9. The van der Waals surface area contributed by atoms with E-state index in [2.05, 4.69) is 35.6 Å². The van der Waals surface area contributed by atoms with Crippen LogP contribution in [-0.4, -0.2) is 59.7 Å². The number of aromatic nitrogens is 4. The maximum Gasteiger partial charge on any atom is 0.250 e. The molecule has 184 valence electrons. The Hall–Kier alpha value is -4.41. The number of hydrogen-bond donors (Lipinski definition) is 3. The van der Waals surface area contributed by atoms with Crippen molar-refractivity contribution in [3.63, 3.8) is 0 Å². The first-order valence-corrected chi connectivity index (χ1v) is 10.8. The highest BCUT2D eigenvalue weighted by molar-refractivity contribution is 6.08. The first-order chi connectivity index (χ1) is 16.9. The van der Waals surface area contributed by atoms with Crippen LogP contribution in [0.1, 0.15) is 22.6 Å². The van der Waals surface area contributed by atoms with Crippen molar-refractivity contribution in [3.05, 3.63) is 59.4 Å². The lowest BCUT2D eigenvalue weighted by Gasteiger charge is -2.13. The monoisotopic (exact) mass is 479 g/mol. The van der Waals surface area contributed by atoms with Gasteiger partial charge < -0.3 is 19.2 Å². The molecule has 0 fully saturated rings. The Kier molecular flexibility index (Phi) is 8.76. The van der Waals surface area contributed by atoms with E-state index >= 15 is 0 Å². The zero-order valence-electron chi connectivity index (χ0n) is 20.4. The van der Waals surface area contributed by atoms with Crippen LogP contribution in [0, 0.1) is 13.8 Å². The third-order valence-corrected chi connectivity index (χ3v) is 4.77. The molecule has 1 aromatic carbocycles. The van der Waals surface area contributed by atoms with E-state index in [1.807, 2.05) is 19.9 Å². The third kappa shape index (κ3) is 7.29. The molecule has 3 N–H and O–H groups in total. The molecule has 0 spiro atoms. The van der Waals surface area contributed by atoms with Gasteiger partial charge in [-0.2, -0.15) is 0 Å². The Balaban J connectivity index is 1.76. The molecule has 3 rings (SSSR count). The maximum atomic E-state index is 12.7. The van der Waals surface area contributed by atoms with Gasteiger partial charge in [0.05, 0.1) is 27.7 Å². The number of guanidine groups is 1. The number of methoxy groups -OCH3 is 3. The maximum absolute atomic E-state index is 12.7. The molecule has 0 saturated carbocycles. The van der Waals surface area contributed by atoms with Gasteiger partial charge in [-0.15, -0.1) is 0 Å². The van der Waals surface area contributed by atoms with Gasteiger partial charge >= 0.3 is 0 Å². The largest absolute Gasteiger partial charge is 0.493 e. The number of imidazole rings is 1. The van der Waals surface area contributed by atoms with E-state index < -0.39 is 5.91 Å². The van der Waals surface area contributed by atoms with Crippen LogP contribution in [0.25, 0.3) is 6.08 Å². The summed E-state index contributed by atoms with van der Waals surface area (Å²) in [5, 5.41) is 5.76. The summed E-state index contributed by atoms with van der Waals surface area (Å²) in [6.45, 7) is 4.15. The van der Waals surface area contributed by atoms with Crippen LogP contribution in [0.3, 0.4) is 0 Å². The topological polar surface area (TPSA) is 136 Å². The van der Waals surface area contributed by atoms with Crippen LogP contribution >= 0.6 is 0 Å². The van der Waals surface area contributed by atoms with Crippen LogP contribution in [0.2, 0.25) is 0 Å². The second kappa shape index (κ2) is 12.2. The standard InChI is InChI=1S/C24H29N7O4/c1-15-10-16(2)29-24(28-15)31-23(26-9-8-18-13-25-14-27-18)30-21(32)7-6-17-11-19(33-3)22(35-5)20(12-17)34-4/h6-7,10-14H,8-9H2,1-5H3,(H,25,27)(H2,26,28,29,30,31,32)/b7-6+.